The Hall–Kier alpha value is -1.88. The summed E-state index contributed by atoms with van der Waals surface area (Å²) in [4.78, 5) is 0. The van der Waals surface area contributed by atoms with Crippen molar-refractivity contribution in [3.05, 3.63) is 65.2 Å². The van der Waals surface area contributed by atoms with Crippen molar-refractivity contribution < 1.29 is 14.6 Å². The Morgan fingerprint density at radius 1 is 1.08 bits per heavy atom. The first kappa shape index (κ1) is 17.9. The van der Waals surface area contributed by atoms with E-state index in [1.54, 1.807) is 0 Å². The lowest BCUT2D eigenvalue weighted by Gasteiger charge is -2.41. The van der Waals surface area contributed by atoms with Crippen LogP contribution < -0.4 is 10.1 Å². The molecule has 0 bridgehead atoms. The Morgan fingerprint density at radius 3 is 2.32 bits per heavy atom. The van der Waals surface area contributed by atoms with E-state index >= 15 is 0 Å². The predicted octanol–water partition coefficient (Wildman–Crippen LogP) is 3.02. The number of benzene rings is 2. The van der Waals surface area contributed by atoms with E-state index in [9.17, 15) is 5.11 Å². The average molecular weight is 341 g/mol. The fourth-order valence-electron chi connectivity index (χ4n) is 3.13. The molecule has 1 unspecified atom stereocenters. The second-order valence-corrected chi connectivity index (χ2v) is 7.03. The van der Waals surface area contributed by atoms with Crippen molar-refractivity contribution in [2.24, 2.45) is 5.41 Å². The lowest BCUT2D eigenvalue weighted by Crippen LogP contribution is -2.53. The molecule has 1 aliphatic heterocycles. The highest BCUT2D eigenvalue weighted by atomic mass is 16.5. The van der Waals surface area contributed by atoms with Gasteiger partial charge in [-0.15, -0.1) is 0 Å². The van der Waals surface area contributed by atoms with Gasteiger partial charge in [-0.05, 0) is 30.5 Å². The van der Waals surface area contributed by atoms with Gasteiger partial charge in [0, 0.05) is 6.54 Å². The first-order chi connectivity index (χ1) is 12.1. The molecule has 0 amide bonds. The van der Waals surface area contributed by atoms with Crippen LogP contribution in [0.4, 0.5) is 0 Å². The molecule has 134 valence electrons. The Bertz CT molecular complexity index is 657. The number of para-hydroxylation sites is 1. The summed E-state index contributed by atoms with van der Waals surface area (Å²) in [6, 6.07) is 16.6. The predicted molar refractivity (Wildman–Crippen MR) is 98.9 cm³/mol. The van der Waals surface area contributed by atoms with Gasteiger partial charge in [0.1, 0.15) is 12.4 Å². The van der Waals surface area contributed by atoms with Crippen LogP contribution in [0.3, 0.4) is 0 Å². The molecule has 0 spiro atoms. The molecule has 0 aromatic heterocycles. The van der Waals surface area contributed by atoms with Crippen LogP contribution in [0.2, 0.25) is 0 Å². The summed E-state index contributed by atoms with van der Waals surface area (Å²) < 4.78 is 11.5. The second kappa shape index (κ2) is 8.00. The van der Waals surface area contributed by atoms with Gasteiger partial charge in [-0.3, -0.25) is 0 Å². The third-order valence-corrected chi connectivity index (χ3v) is 4.88. The van der Waals surface area contributed by atoms with Gasteiger partial charge in [-0.1, -0.05) is 48.5 Å². The summed E-state index contributed by atoms with van der Waals surface area (Å²) in [6.07, 6.45) is 0. The number of aliphatic hydroxyl groups is 1. The first-order valence-electron chi connectivity index (χ1n) is 8.79. The largest absolute Gasteiger partial charge is 0.491 e. The van der Waals surface area contributed by atoms with E-state index in [1.807, 2.05) is 24.3 Å². The molecular weight excluding hydrogens is 314 g/mol. The average Bonchev–Trinajstić information content (AvgIpc) is 2.59. The van der Waals surface area contributed by atoms with E-state index in [2.05, 4.69) is 43.4 Å². The lowest BCUT2D eigenvalue weighted by molar-refractivity contribution is -0.135. The minimum Gasteiger partial charge on any atom is -0.491 e. The normalized spacial score (nSPS) is 16.9. The molecule has 1 heterocycles. The number of rotatable bonds is 8. The Kier molecular flexibility index (Phi) is 5.74. The van der Waals surface area contributed by atoms with Gasteiger partial charge < -0.3 is 19.9 Å². The molecule has 0 saturated carbocycles. The van der Waals surface area contributed by atoms with Crippen molar-refractivity contribution >= 4 is 0 Å². The lowest BCUT2D eigenvalue weighted by atomic mass is 9.86. The highest BCUT2D eigenvalue weighted by molar-refractivity contribution is 5.39. The molecule has 1 saturated heterocycles. The standard InChI is InChI=1S/C21H27NO3/c1-16-7-6-8-17(2)20(16)25-11-19(18-9-4-3-5-10-18)22-12-21(13-23)14-24-15-21/h3-10,19,22-23H,11-15H2,1-2H3. The maximum Gasteiger partial charge on any atom is 0.125 e. The number of hydrogen-bond acceptors (Lipinski definition) is 4. The molecule has 25 heavy (non-hydrogen) atoms. The van der Waals surface area contributed by atoms with E-state index in [4.69, 9.17) is 9.47 Å². The molecule has 4 heteroatoms. The molecule has 2 aromatic carbocycles. The second-order valence-electron chi connectivity index (χ2n) is 7.03. The van der Waals surface area contributed by atoms with Gasteiger partial charge in [0.15, 0.2) is 0 Å². The Balaban J connectivity index is 1.70. The number of aliphatic hydroxyl groups excluding tert-OH is 1. The molecule has 1 atom stereocenters. The fraction of sp³-hybridized carbons (Fsp3) is 0.429. The smallest absolute Gasteiger partial charge is 0.125 e. The van der Waals surface area contributed by atoms with E-state index in [-0.39, 0.29) is 18.1 Å². The van der Waals surface area contributed by atoms with Crippen molar-refractivity contribution in [3.8, 4) is 5.75 Å². The highest BCUT2D eigenvalue weighted by Gasteiger charge is 2.38. The molecule has 2 aromatic rings. The van der Waals surface area contributed by atoms with Crippen LogP contribution in [-0.4, -0.2) is 38.1 Å². The summed E-state index contributed by atoms with van der Waals surface area (Å²) in [5.41, 5.74) is 3.31. The summed E-state index contributed by atoms with van der Waals surface area (Å²) in [7, 11) is 0. The van der Waals surface area contributed by atoms with Gasteiger partial charge in [0.25, 0.3) is 0 Å². The van der Waals surface area contributed by atoms with E-state index in [0.717, 1.165) is 16.9 Å². The third kappa shape index (κ3) is 4.21. The van der Waals surface area contributed by atoms with Gasteiger partial charge >= 0.3 is 0 Å². The molecule has 3 rings (SSSR count). The topological polar surface area (TPSA) is 50.7 Å². The molecule has 0 aliphatic carbocycles. The van der Waals surface area contributed by atoms with Crippen molar-refractivity contribution in [3.63, 3.8) is 0 Å². The van der Waals surface area contributed by atoms with Crippen LogP contribution in [0.25, 0.3) is 0 Å². The molecule has 1 aliphatic rings. The quantitative estimate of drug-likeness (QED) is 0.775. The van der Waals surface area contributed by atoms with Crippen molar-refractivity contribution in [1.82, 2.24) is 5.32 Å². The molecule has 2 N–H and O–H groups in total. The monoisotopic (exact) mass is 341 g/mol. The van der Waals surface area contributed by atoms with Crippen molar-refractivity contribution in [2.75, 3.05) is 33.0 Å². The van der Waals surface area contributed by atoms with E-state index < -0.39 is 0 Å². The minimum absolute atomic E-state index is 0.0595. The summed E-state index contributed by atoms with van der Waals surface area (Å²) in [5, 5.41) is 13.2. The zero-order valence-electron chi connectivity index (χ0n) is 15.0. The maximum atomic E-state index is 9.65. The third-order valence-electron chi connectivity index (χ3n) is 4.88. The van der Waals surface area contributed by atoms with Gasteiger partial charge in [0.05, 0.1) is 31.3 Å². The number of aryl methyl sites for hydroxylation is 2. The van der Waals surface area contributed by atoms with Gasteiger partial charge in [-0.2, -0.15) is 0 Å². The minimum atomic E-state index is -0.161. The number of hydrogen-bond donors (Lipinski definition) is 2. The van der Waals surface area contributed by atoms with Crippen LogP contribution in [0.15, 0.2) is 48.5 Å². The van der Waals surface area contributed by atoms with E-state index in [1.165, 1.54) is 5.56 Å². The SMILES string of the molecule is Cc1cccc(C)c1OCC(NCC1(CO)COC1)c1ccccc1. The zero-order valence-corrected chi connectivity index (χ0v) is 15.0. The van der Waals surface area contributed by atoms with Crippen molar-refractivity contribution in [2.45, 2.75) is 19.9 Å². The Labute approximate surface area is 149 Å². The van der Waals surface area contributed by atoms with Gasteiger partial charge in [-0.25, -0.2) is 0 Å². The highest BCUT2D eigenvalue weighted by Crippen LogP contribution is 2.28. The van der Waals surface area contributed by atoms with Gasteiger partial charge in [0.2, 0.25) is 0 Å². The number of ether oxygens (including phenoxy) is 2. The van der Waals surface area contributed by atoms with E-state index in [0.29, 0.717) is 26.4 Å². The summed E-state index contributed by atoms with van der Waals surface area (Å²) in [5.74, 6) is 0.953. The van der Waals surface area contributed by atoms with Crippen LogP contribution in [-0.2, 0) is 4.74 Å². The summed E-state index contributed by atoms with van der Waals surface area (Å²) in [6.45, 7) is 6.74. The molecule has 4 nitrogen and oxygen atoms in total. The van der Waals surface area contributed by atoms with Crippen LogP contribution in [0.5, 0.6) is 5.75 Å². The molecule has 0 radical (unpaired) electrons. The molecule has 1 fully saturated rings. The van der Waals surface area contributed by atoms with Crippen LogP contribution in [0.1, 0.15) is 22.7 Å². The maximum absolute atomic E-state index is 9.65. The zero-order chi connectivity index (χ0) is 17.7. The first-order valence-corrected chi connectivity index (χ1v) is 8.79. The molecular formula is C21H27NO3. The van der Waals surface area contributed by atoms with Crippen molar-refractivity contribution in [1.29, 1.82) is 0 Å². The van der Waals surface area contributed by atoms with Crippen LogP contribution >= 0.6 is 0 Å². The van der Waals surface area contributed by atoms with Crippen LogP contribution in [0, 0.1) is 19.3 Å². The fourth-order valence-corrected chi connectivity index (χ4v) is 3.13. The summed E-state index contributed by atoms with van der Waals surface area (Å²) >= 11 is 0. The Morgan fingerprint density at radius 2 is 1.76 bits per heavy atom. The number of nitrogens with one attached hydrogen (secondary N) is 1.